The number of nitrogens with zero attached hydrogens (tertiary/aromatic N) is 4. The van der Waals surface area contributed by atoms with E-state index in [-0.39, 0.29) is 12.2 Å². The molecule has 25 heavy (non-hydrogen) atoms. The maximum Gasteiger partial charge on any atom is 0.136 e. The quantitative estimate of drug-likeness (QED) is 0.861. The number of likely N-dealkylation sites (N-methyl/N-ethyl adjacent to an activating group) is 1. The first-order valence-corrected chi connectivity index (χ1v) is 9.25. The zero-order valence-electron chi connectivity index (χ0n) is 15.1. The van der Waals surface area contributed by atoms with Gasteiger partial charge in [0.25, 0.3) is 0 Å². The molecular formula is C20H26N4O. The Morgan fingerprint density at radius 3 is 2.80 bits per heavy atom. The third-order valence-corrected chi connectivity index (χ3v) is 5.24. The Bertz CT molecular complexity index is 721. The number of hydrogen-bond donors (Lipinski definition) is 0. The molecule has 1 saturated heterocycles. The van der Waals surface area contributed by atoms with E-state index in [0.29, 0.717) is 0 Å². The van der Waals surface area contributed by atoms with Gasteiger partial charge in [0.1, 0.15) is 18.2 Å². The lowest BCUT2D eigenvalue weighted by atomic mass is 10.0. The maximum absolute atomic E-state index is 6.21. The van der Waals surface area contributed by atoms with E-state index < -0.39 is 0 Å². The van der Waals surface area contributed by atoms with Crippen LogP contribution in [0.15, 0.2) is 36.7 Å². The lowest BCUT2D eigenvalue weighted by Crippen LogP contribution is -2.44. The first-order chi connectivity index (χ1) is 12.2. The molecular weight excluding hydrogens is 312 g/mol. The minimum absolute atomic E-state index is 0.0847. The average molecular weight is 338 g/mol. The summed E-state index contributed by atoms with van der Waals surface area (Å²) < 4.78 is 6.21. The Morgan fingerprint density at radius 1 is 1.16 bits per heavy atom. The second-order valence-corrected chi connectivity index (χ2v) is 6.99. The summed E-state index contributed by atoms with van der Waals surface area (Å²) in [7, 11) is 0. The summed E-state index contributed by atoms with van der Waals surface area (Å²) in [6.45, 7) is 9.18. The number of rotatable bonds is 3. The van der Waals surface area contributed by atoms with Gasteiger partial charge in [0, 0.05) is 38.2 Å². The van der Waals surface area contributed by atoms with E-state index in [2.05, 4.69) is 57.9 Å². The van der Waals surface area contributed by atoms with E-state index in [0.717, 1.165) is 45.0 Å². The molecule has 0 bridgehead atoms. The molecule has 0 aliphatic carbocycles. The highest BCUT2D eigenvalue weighted by molar-refractivity contribution is 5.50. The molecule has 0 spiro atoms. The molecule has 1 aromatic heterocycles. The van der Waals surface area contributed by atoms with Crippen molar-refractivity contribution in [2.75, 3.05) is 31.1 Å². The summed E-state index contributed by atoms with van der Waals surface area (Å²) >= 11 is 0. The molecule has 5 nitrogen and oxygen atoms in total. The molecule has 0 radical (unpaired) electrons. The Balaban J connectivity index is 1.63. The molecule has 0 amide bonds. The highest BCUT2D eigenvalue weighted by Gasteiger charge is 2.30. The summed E-state index contributed by atoms with van der Waals surface area (Å²) in [6.07, 6.45) is 3.01. The fourth-order valence-corrected chi connectivity index (χ4v) is 3.90. The largest absolute Gasteiger partial charge is 0.367 e. The van der Waals surface area contributed by atoms with E-state index in [1.54, 1.807) is 6.33 Å². The van der Waals surface area contributed by atoms with Crippen LogP contribution in [0.4, 0.5) is 5.82 Å². The van der Waals surface area contributed by atoms with Gasteiger partial charge in [0.15, 0.2) is 0 Å². The van der Waals surface area contributed by atoms with E-state index >= 15 is 0 Å². The Hall–Kier alpha value is -1.98. The van der Waals surface area contributed by atoms with Crippen molar-refractivity contribution >= 4 is 5.82 Å². The maximum atomic E-state index is 6.21. The lowest BCUT2D eigenvalue weighted by Gasteiger charge is -2.39. The van der Waals surface area contributed by atoms with Crippen molar-refractivity contribution in [1.82, 2.24) is 14.9 Å². The Labute approximate surface area is 149 Å². The number of morpholine rings is 1. The summed E-state index contributed by atoms with van der Waals surface area (Å²) in [5.74, 6) is 1.10. The van der Waals surface area contributed by atoms with Crippen LogP contribution in [0.25, 0.3) is 0 Å². The molecule has 2 unspecified atom stereocenters. The number of anilines is 1. The summed E-state index contributed by atoms with van der Waals surface area (Å²) in [6, 6.07) is 10.5. The molecule has 0 N–H and O–H groups in total. The molecule has 2 aliphatic heterocycles. The first kappa shape index (κ1) is 16.5. The zero-order valence-corrected chi connectivity index (χ0v) is 15.1. The van der Waals surface area contributed by atoms with Crippen molar-refractivity contribution < 1.29 is 4.74 Å². The van der Waals surface area contributed by atoms with E-state index in [1.165, 1.54) is 16.8 Å². The van der Waals surface area contributed by atoms with E-state index in [1.807, 2.05) is 6.07 Å². The van der Waals surface area contributed by atoms with Crippen LogP contribution in [-0.2, 0) is 17.7 Å². The topological polar surface area (TPSA) is 41.5 Å². The van der Waals surface area contributed by atoms with E-state index in [4.69, 9.17) is 4.74 Å². The number of ether oxygens (including phenoxy) is 1. The van der Waals surface area contributed by atoms with Gasteiger partial charge < -0.3 is 9.64 Å². The number of benzene rings is 1. The van der Waals surface area contributed by atoms with E-state index in [9.17, 15) is 0 Å². The molecule has 1 aromatic carbocycles. The van der Waals surface area contributed by atoms with Gasteiger partial charge in [-0.25, -0.2) is 9.97 Å². The zero-order chi connectivity index (χ0) is 17.2. The predicted molar refractivity (Wildman–Crippen MR) is 98.6 cm³/mol. The van der Waals surface area contributed by atoms with Crippen LogP contribution >= 0.6 is 0 Å². The van der Waals surface area contributed by atoms with Crippen molar-refractivity contribution in [2.45, 2.75) is 39.0 Å². The van der Waals surface area contributed by atoms with Gasteiger partial charge in [-0.1, -0.05) is 37.3 Å². The summed E-state index contributed by atoms with van der Waals surface area (Å²) in [4.78, 5) is 14.1. The number of fused-ring (bicyclic) bond motifs is 1. The second kappa shape index (κ2) is 7.10. The molecule has 5 heteroatoms. The van der Waals surface area contributed by atoms with Crippen molar-refractivity contribution in [3.05, 3.63) is 53.5 Å². The molecule has 4 rings (SSSR count). The number of aromatic nitrogens is 2. The molecule has 2 atom stereocenters. The first-order valence-electron chi connectivity index (χ1n) is 9.25. The van der Waals surface area contributed by atoms with Gasteiger partial charge in [-0.05, 0) is 19.0 Å². The van der Waals surface area contributed by atoms with Crippen LogP contribution in [0.1, 0.15) is 36.8 Å². The minimum Gasteiger partial charge on any atom is -0.367 e. The van der Waals surface area contributed by atoms with Gasteiger partial charge in [0.05, 0.1) is 11.8 Å². The normalized spacial score (nSPS) is 24.2. The van der Waals surface area contributed by atoms with Crippen LogP contribution in [0, 0.1) is 0 Å². The van der Waals surface area contributed by atoms with Crippen LogP contribution in [0.2, 0.25) is 0 Å². The fourth-order valence-electron chi connectivity index (χ4n) is 3.90. The van der Waals surface area contributed by atoms with Gasteiger partial charge in [0.2, 0.25) is 0 Å². The van der Waals surface area contributed by atoms with Crippen LogP contribution < -0.4 is 4.90 Å². The number of hydrogen-bond acceptors (Lipinski definition) is 5. The molecule has 2 aromatic rings. The Morgan fingerprint density at radius 2 is 2.00 bits per heavy atom. The third kappa shape index (κ3) is 3.39. The monoisotopic (exact) mass is 338 g/mol. The SMILES string of the molecule is CCN1CCc2ncnc(N3CC(C)OC(c4ccccc4)C3)c2C1. The lowest BCUT2D eigenvalue weighted by molar-refractivity contribution is -0.0177. The highest BCUT2D eigenvalue weighted by Crippen LogP contribution is 2.31. The fraction of sp³-hybridized carbons (Fsp3) is 0.500. The molecule has 132 valence electrons. The van der Waals surface area contributed by atoms with Crippen molar-refractivity contribution in [1.29, 1.82) is 0 Å². The molecule has 0 saturated carbocycles. The van der Waals surface area contributed by atoms with Crippen molar-refractivity contribution in [3.63, 3.8) is 0 Å². The molecule has 1 fully saturated rings. The average Bonchev–Trinajstić information content (AvgIpc) is 2.67. The summed E-state index contributed by atoms with van der Waals surface area (Å²) in [5.41, 5.74) is 3.75. The van der Waals surface area contributed by atoms with Gasteiger partial charge in [-0.2, -0.15) is 0 Å². The van der Waals surface area contributed by atoms with Crippen LogP contribution in [-0.4, -0.2) is 47.2 Å². The third-order valence-electron chi connectivity index (χ3n) is 5.24. The van der Waals surface area contributed by atoms with Gasteiger partial charge in [-0.15, -0.1) is 0 Å². The highest BCUT2D eigenvalue weighted by atomic mass is 16.5. The molecule has 2 aliphatic rings. The second-order valence-electron chi connectivity index (χ2n) is 6.99. The smallest absolute Gasteiger partial charge is 0.136 e. The van der Waals surface area contributed by atoms with Crippen LogP contribution in [0.5, 0.6) is 0 Å². The standard InChI is InChI=1S/C20H26N4O/c1-3-23-10-9-18-17(12-23)20(22-14-21-18)24-11-15(2)25-19(13-24)16-7-5-4-6-8-16/h4-8,14-15,19H,3,9-13H2,1-2H3. The minimum atomic E-state index is 0.0847. The van der Waals surface area contributed by atoms with Crippen molar-refractivity contribution in [3.8, 4) is 0 Å². The van der Waals surface area contributed by atoms with Gasteiger partial charge in [-0.3, -0.25) is 4.90 Å². The van der Waals surface area contributed by atoms with Gasteiger partial charge >= 0.3 is 0 Å². The van der Waals surface area contributed by atoms with Crippen molar-refractivity contribution in [2.24, 2.45) is 0 Å². The van der Waals surface area contributed by atoms with Crippen LogP contribution in [0.3, 0.4) is 0 Å². The summed E-state index contributed by atoms with van der Waals surface area (Å²) in [5, 5.41) is 0. The molecule has 3 heterocycles. The Kier molecular flexibility index (Phi) is 4.68. The predicted octanol–water partition coefficient (Wildman–Crippen LogP) is 2.82.